The Kier molecular flexibility index (Phi) is 3.77. The van der Waals surface area contributed by atoms with Crippen LogP contribution in [0.3, 0.4) is 0 Å². The number of hydrogen-bond acceptors (Lipinski definition) is 3. The number of piperidine rings is 1. The number of imidazole rings is 1. The summed E-state index contributed by atoms with van der Waals surface area (Å²) in [6.45, 7) is 4.57. The SMILES string of the molecule is Cc1nccn1CC1CCCN(C(=O)c2ccn(C)n2)C1. The first-order valence-corrected chi connectivity index (χ1v) is 7.40. The Labute approximate surface area is 124 Å². The van der Waals surface area contributed by atoms with Gasteiger partial charge in [-0.25, -0.2) is 4.98 Å². The number of aromatic nitrogens is 4. The van der Waals surface area contributed by atoms with E-state index in [0.717, 1.165) is 38.3 Å². The summed E-state index contributed by atoms with van der Waals surface area (Å²) in [5.74, 6) is 1.56. The van der Waals surface area contributed by atoms with Crippen molar-refractivity contribution in [2.45, 2.75) is 26.3 Å². The van der Waals surface area contributed by atoms with Crippen molar-refractivity contribution in [3.8, 4) is 0 Å². The fourth-order valence-corrected chi connectivity index (χ4v) is 2.96. The van der Waals surface area contributed by atoms with E-state index in [1.54, 1.807) is 10.7 Å². The van der Waals surface area contributed by atoms with Crippen LogP contribution in [-0.2, 0) is 13.6 Å². The molecule has 112 valence electrons. The van der Waals surface area contributed by atoms with Gasteiger partial charge in [-0.2, -0.15) is 5.10 Å². The quantitative estimate of drug-likeness (QED) is 0.859. The van der Waals surface area contributed by atoms with E-state index in [2.05, 4.69) is 14.6 Å². The Morgan fingerprint density at radius 2 is 2.29 bits per heavy atom. The Hall–Kier alpha value is -2.11. The minimum atomic E-state index is 0.0441. The normalized spacial score (nSPS) is 19.0. The summed E-state index contributed by atoms with van der Waals surface area (Å²) in [6.07, 6.45) is 7.86. The lowest BCUT2D eigenvalue weighted by atomic mass is 9.97. The zero-order valence-electron chi connectivity index (χ0n) is 12.6. The summed E-state index contributed by atoms with van der Waals surface area (Å²) < 4.78 is 3.84. The summed E-state index contributed by atoms with van der Waals surface area (Å²) >= 11 is 0. The molecular weight excluding hydrogens is 266 g/mol. The number of rotatable bonds is 3. The summed E-state index contributed by atoms with van der Waals surface area (Å²) in [5, 5.41) is 4.21. The molecule has 3 heterocycles. The van der Waals surface area contributed by atoms with Crippen molar-refractivity contribution in [1.82, 2.24) is 24.2 Å². The van der Waals surface area contributed by atoms with Crippen LogP contribution in [-0.4, -0.2) is 43.2 Å². The van der Waals surface area contributed by atoms with Crippen LogP contribution in [0.4, 0.5) is 0 Å². The summed E-state index contributed by atoms with van der Waals surface area (Å²) in [7, 11) is 1.83. The lowest BCUT2D eigenvalue weighted by molar-refractivity contribution is 0.0655. The first kappa shape index (κ1) is 13.9. The van der Waals surface area contributed by atoms with E-state index in [-0.39, 0.29) is 5.91 Å². The molecule has 3 rings (SSSR count). The van der Waals surface area contributed by atoms with E-state index in [4.69, 9.17) is 0 Å². The number of nitrogens with zero attached hydrogens (tertiary/aromatic N) is 5. The van der Waals surface area contributed by atoms with E-state index >= 15 is 0 Å². The van der Waals surface area contributed by atoms with Crippen molar-refractivity contribution in [2.75, 3.05) is 13.1 Å². The Morgan fingerprint density at radius 3 is 2.95 bits per heavy atom. The van der Waals surface area contributed by atoms with Crippen LogP contribution < -0.4 is 0 Å². The minimum absolute atomic E-state index is 0.0441. The van der Waals surface area contributed by atoms with Crippen molar-refractivity contribution in [1.29, 1.82) is 0 Å². The fraction of sp³-hybridized carbons (Fsp3) is 0.533. The summed E-state index contributed by atoms with van der Waals surface area (Å²) in [5.41, 5.74) is 0.539. The van der Waals surface area contributed by atoms with Gasteiger partial charge in [-0.3, -0.25) is 9.48 Å². The van der Waals surface area contributed by atoms with E-state index < -0.39 is 0 Å². The third-order valence-corrected chi connectivity index (χ3v) is 4.12. The molecule has 2 aromatic heterocycles. The molecular formula is C15H21N5O. The number of likely N-dealkylation sites (tertiary alicyclic amines) is 1. The monoisotopic (exact) mass is 287 g/mol. The Bertz CT molecular complexity index is 630. The second-order valence-electron chi connectivity index (χ2n) is 5.76. The number of hydrogen-bond donors (Lipinski definition) is 0. The molecule has 0 aromatic carbocycles. The first-order valence-electron chi connectivity index (χ1n) is 7.40. The highest BCUT2D eigenvalue weighted by Gasteiger charge is 2.26. The molecule has 1 fully saturated rings. The maximum Gasteiger partial charge on any atom is 0.274 e. The van der Waals surface area contributed by atoms with Gasteiger partial charge in [0.25, 0.3) is 5.91 Å². The van der Waals surface area contributed by atoms with E-state index in [9.17, 15) is 4.79 Å². The maximum absolute atomic E-state index is 12.5. The average molecular weight is 287 g/mol. The van der Waals surface area contributed by atoms with Gasteiger partial charge in [0, 0.05) is 45.3 Å². The van der Waals surface area contributed by atoms with Gasteiger partial charge in [-0.15, -0.1) is 0 Å². The molecule has 0 spiro atoms. The third-order valence-electron chi connectivity index (χ3n) is 4.12. The van der Waals surface area contributed by atoms with Gasteiger partial charge in [0.15, 0.2) is 0 Å². The lowest BCUT2D eigenvalue weighted by Crippen LogP contribution is -2.41. The molecule has 1 atom stereocenters. The second kappa shape index (κ2) is 5.71. The topological polar surface area (TPSA) is 56.0 Å². The highest BCUT2D eigenvalue weighted by atomic mass is 16.2. The number of carbonyl (C=O) groups is 1. The van der Waals surface area contributed by atoms with Crippen molar-refractivity contribution in [3.63, 3.8) is 0 Å². The molecule has 0 bridgehead atoms. The molecule has 6 heteroatoms. The number of aryl methyl sites for hydroxylation is 2. The predicted octanol–water partition coefficient (Wildman–Crippen LogP) is 1.48. The van der Waals surface area contributed by atoms with Crippen LogP contribution in [0.1, 0.15) is 29.2 Å². The fourth-order valence-electron chi connectivity index (χ4n) is 2.96. The molecule has 1 unspecified atom stereocenters. The third kappa shape index (κ3) is 2.99. The van der Waals surface area contributed by atoms with Crippen LogP contribution in [0, 0.1) is 12.8 Å². The van der Waals surface area contributed by atoms with E-state index in [0.29, 0.717) is 11.6 Å². The molecule has 1 amide bonds. The lowest BCUT2D eigenvalue weighted by Gasteiger charge is -2.32. The average Bonchev–Trinajstić information content (AvgIpc) is 3.08. The van der Waals surface area contributed by atoms with Gasteiger partial charge < -0.3 is 9.47 Å². The van der Waals surface area contributed by atoms with Crippen molar-refractivity contribution in [3.05, 3.63) is 36.2 Å². The highest BCUT2D eigenvalue weighted by molar-refractivity contribution is 5.92. The van der Waals surface area contributed by atoms with Crippen LogP contribution in [0.2, 0.25) is 0 Å². The Balaban J connectivity index is 1.65. The van der Waals surface area contributed by atoms with Gasteiger partial charge in [0.2, 0.25) is 0 Å². The molecule has 1 aliphatic heterocycles. The molecule has 0 radical (unpaired) electrons. The predicted molar refractivity (Wildman–Crippen MR) is 78.8 cm³/mol. The van der Waals surface area contributed by atoms with Gasteiger partial charge in [-0.05, 0) is 31.7 Å². The standard InChI is InChI=1S/C15H21N5O/c1-12-16-6-9-19(12)10-13-4-3-7-20(11-13)15(21)14-5-8-18(2)17-14/h5-6,8-9,13H,3-4,7,10-11H2,1-2H3. The summed E-state index contributed by atoms with van der Waals surface area (Å²) in [4.78, 5) is 18.6. The van der Waals surface area contributed by atoms with Gasteiger partial charge >= 0.3 is 0 Å². The molecule has 1 saturated heterocycles. The molecule has 0 aliphatic carbocycles. The van der Waals surface area contributed by atoms with Crippen molar-refractivity contribution in [2.24, 2.45) is 13.0 Å². The molecule has 21 heavy (non-hydrogen) atoms. The molecule has 2 aromatic rings. The Morgan fingerprint density at radius 1 is 1.43 bits per heavy atom. The molecule has 6 nitrogen and oxygen atoms in total. The van der Waals surface area contributed by atoms with Crippen LogP contribution in [0.25, 0.3) is 0 Å². The highest BCUT2D eigenvalue weighted by Crippen LogP contribution is 2.20. The molecule has 0 saturated carbocycles. The van der Waals surface area contributed by atoms with Gasteiger partial charge in [0.1, 0.15) is 11.5 Å². The molecule has 1 aliphatic rings. The zero-order valence-corrected chi connectivity index (χ0v) is 12.6. The van der Waals surface area contributed by atoms with Gasteiger partial charge in [-0.1, -0.05) is 0 Å². The van der Waals surface area contributed by atoms with Crippen LogP contribution in [0.5, 0.6) is 0 Å². The summed E-state index contributed by atoms with van der Waals surface area (Å²) in [6, 6.07) is 1.78. The van der Waals surface area contributed by atoms with E-state index in [1.165, 1.54) is 0 Å². The second-order valence-corrected chi connectivity index (χ2v) is 5.76. The van der Waals surface area contributed by atoms with Crippen LogP contribution >= 0.6 is 0 Å². The van der Waals surface area contributed by atoms with E-state index in [1.807, 2.05) is 37.5 Å². The smallest absolute Gasteiger partial charge is 0.274 e. The first-order chi connectivity index (χ1) is 10.1. The van der Waals surface area contributed by atoms with Crippen molar-refractivity contribution >= 4 is 5.91 Å². The number of amides is 1. The number of carbonyl (C=O) groups excluding carboxylic acids is 1. The van der Waals surface area contributed by atoms with Gasteiger partial charge in [0.05, 0.1) is 0 Å². The largest absolute Gasteiger partial charge is 0.337 e. The maximum atomic E-state index is 12.5. The molecule has 0 N–H and O–H groups in total. The minimum Gasteiger partial charge on any atom is -0.337 e. The van der Waals surface area contributed by atoms with Crippen molar-refractivity contribution < 1.29 is 4.79 Å². The zero-order chi connectivity index (χ0) is 14.8. The van der Waals surface area contributed by atoms with Crippen LogP contribution in [0.15, 0.2) is 24.7 Å².